The third-order valence-corrected chi connectivity index (χ3v) is 6.68. The second kappa shape index (κ2) is 7.36. The molecule has 0 saturated carbocycles. The van der Waals surface area contributed by atoms with Crippen LogP contribution in [0.3, 0.4) is 0 Å². The molecule has 4 heterocycles. The standard InChI is InChI=1S/C28H20N6O/c1-34-14-11-22-23(15-34)32-27(31-22)21-8-4-7-20-24(21)16-5-2-3-6-17(16)25(20)33-28(35)19-10-13-30-26-18(19)9-12-29-26/h2-15,25H,1H3,(H,29,30)(H,33,35). The molecule has 1 aliphatic carbocycles. The topological polar surface area (TPSA) is 88.5 Å². The molecule has 0 saturated heterocycles. The highest BCUT2D eigenvalue weighted by Crippen LogP contribution is 2.48. The summed E-state index contributed by atoms with van der Waals surface area (Å²) in [6.45, 7) is 0. The van der Waals surface area contributed by atoms with Gasteiger partial charge in [-0.05, 0) is 40.5 Å². The third-order valence-electron chi connectivity index (χ3n) is 6.68. The van der Waals surface area contributed by atoms with Crippen LogP contribution in [0, 0.1) is 0 Å². The smallest absolute Gasteiger partial charge is 0.252 e. The maximum atomic E-state index is 13.5. The molecule has 2 aromatic carbocycles. The van der Waals surface area contributed by atoms with Crippen molar-refractivity contribution in [1.82, 2.24) is 29.8 Å². The number of pyridine rings is 2. The van der Waals surface area contributed by atoms with Gasteiger partial charge < -0.3 is 14.9 Å². The van der Waals surface area contributed by atoms with Crippen LogP contribution in [0.15, 0.2) is 85.5 Å². The number of amides is 1. The minimum absolute atomic E-state index is 0.141. The number of rotatable bonds is 3. The van der Waals surface area contributed by atoms with E-state index in [2.05, 4.69) is 39.6 Å². The lowest BCUT2D eigenvalue weighted by atomic mass is 9.98. The van der Waals surface area contributed by atoms with E-state index < -0.39 is 0 Å². The van der Waals surface area contributed by atoms with E-state index in [1.807, 2.05) is 54.3 Å². The average molecular weight is 457 g/mol. The van der Waals surface area contributed by atoms with Crippen molar-refractivity contribution >= 4 is 16.9 Å². The molecule has 1 atom stereocenters. The first-order chi connectivity index (χ1) is 17.2. The van der Waals surface area contributed by atoms with Gasteiger partial charge in [-0.2, -0.15) is 0 Å². The van der Waals surface area contributed by atoms with E-state index in [4.69, 9.17) is 9.97 Å². The maximum Gasteiger partial charge on any atom is 0.252 e. The zero-order chi connectivity index (χ0) is 23.5. The molecule has 1 amide bonds. The minimum Gasteiger partial charge on any atom is -0.355 e. The summed E-state index contributed by atoms with van der Waals surface area (Å²) in [6, 6.07) is 19.7. The Balaban J connectivity index is 1.36. The number of aromatic nitrogens is 5. The lowest BCUT2D eigenvalue weighted by Crippen LogP contribution is -2.28. The molecule has 2 aromatic heterocycles. The second-order valence-corrected chi connectivity index (χ2v) is 8.79. The van der Waals surface area contributed by atoms with Crippen LogP contribution in [-0.2, 0) is 7.05 Å². The van der Waals surface area contributed by atoms with Crippen LogP contribution < -0.4 is 5.32 Å². The van der Waals surface area contributed by atoms with E-state index in [1.54, 1.807) is 18.5 Å². The molecule has 7 rings (SSSR count). The number of aromatic amines is 1. The normalized spacial score (nSPS) is 14.3. The maximum absolute atomic E-state index is 13.5. The number of carbonyl (C=O) groups excluding carboxylic acids is 1. The summed E-state index contributed by atoms with van der Waals surface area (Å²) in [5, 5.41) is 4.08. The number of aryl methyl sites for hydroxylation is 1. The second-order valence-electron chi connectivity index (χ2n) is 8.79. The van der Waals surface area contributed by atoms with Gasteiger partial charge in [0.1, 0.15) is 11.3 Å². The summed E-state index contributed by atoms with van der Waals surface area (Å²) in [4.78, 5) is 30.5. The van der Waals surface area contributed by atoms with E-state index >= 15 is 0 Å². The van der Waals surface area contributed by atoms with Gasteiger partial charge in [-0.1, -0.05) is 42.5 Å². The minimum atomic E-state index is -0.280. The molecule has 0 radical (unpaired) electrons. The molecular weight excluding hydrogens is 436 g/mol. The summed E-state index contributed by atoms with van der Waals surface area (Å²) in [7, 11) is 1.97. The van der Waals surface area contributed by atoms with Gasteiger partial charge in [0.15, 0.2) is 5.82 Å². The van der Waals surface area contributed by atoms with Gasteiger partial charge in [0.2, 0.25) is 0 Å². The summed E-state index contributed by atoms with van der Waals surface area (Å²) >= 11 is 0. The number of fused-ring (bicyclic) bond motifs is 5. The number of H-pyrrole nitrogens is 1. The fourth-order valence-corrected chi connectivity index (χ4v) is 5.09. The molecule has 0 spiro atoms. The lowest BCUT2D eigenvalue weighted by molar-refractivity contribution is 0.0945. The largest absolute Gasteiger partial charge is 0.355 e. The van der Waals surface area contributed by atoms with Crippen LogP contribution in [-0.4, -0.2) is 30.4 Å². The van der Waals surface area contributed by atoms with Gasteiger partial charge in [-0.15, -0.1) is 0 Å². The highest BCUT2D eigenvalue weighted by Gasteiger charge is 2.33. The predicted molar refractivity (Wildman–Crippen MR) is 134 cm³/mol. The van der Waals surface area contributed by atoms with Crippen LogP contribution in [0.1, 0.15) is 27.5 Å². The fraction of sp³-hybridized carbons (Fsp3) is 0.0714. The van der Waals surface area contributed by atoms with Gasteiger partial charge >= 0.3 is 0 Å². The highest BCUT2D eigenvalue weighted by atomic mass is 16.1. The molecule has 7 heteroatoms. The number of imidazole rings is 1. The number of hydrogen-bond acceptors (Lipinski definition) is 4. The first-order valence-corrected chi connectivity index (χ1v) is 11.4. The molecule has 3 aliphatic rings. The first kappa shape index (κ1) is 19.7. The molecule has 2 N–H and O–H groups in total. The molecule has 168 valence electrons. The van der Waals surface area contributed by atoms with Crippen LogP contribution in [0.2, 0.25) is 0 Å². The van der Waals surface area contributed by atoms with Crippen molar-refractivity contribution in [3.05, 3.63) is 102 Å². The molecule has 0 fully saturated rings. The Morgan fingerprint density at radius 1 is 0.943 bits per heavy atom. The van der Waals surface area contributed by atoms with Crippen molar-refractivity contribution in [1.29, 1.82) is 0 Å². The monoisotopic (exact) mass is 456 g/mol. The highest BCUT2D eigenvalue weighted by molar-refractivity contribution is 6.06. The van der Waals surface area contributed by atoms with Crippen molar-refractivity contribution in [3.8, 4) is 33.9 Å². The van der Waals surface area contributed by atoms with E-state index in [0.29, 0.717) is 17.0 Å². The number of nitrogens with zero attached hydrogens (tertiary/aromatic N) is 4. The fourth-order valence-electron chi connectivity index (χ4n) is 5.09. The summed E-state index contributed by atoms with van der Waals surface area (Å²) < 4.78 is 1.97. The number of nitrogens with one attached hydrogen (secondary N) is 2. The summed E-state index contributed by atoms with van der Waals surface area (Å²) in [6.07, 6.45) is 7.39. The van der Waals surface area contributed by atoms with Crippen molar-refractivity contribution in [2.75, 3.05) is 0 Å². The molecule has 4 aromatic rings. The molecule has 35 heavy (non-hydrogen) atoms. The summed E-state index contributed by atoms with van der Waals surface area (Å²) in [5.41, 5.74) is 8.22. The van der Waals surface area contributed by atoms with Crippen molar-refractivity contribution in [2.24, 2.45) is 7.05 Å². The van der Waals surface area contributed by atoms with Gasteiger partial charge in [0.25, 0.3) is 5.91 Å². The third kappa shape index (κ3) is 2.98. The summed E-state index contributed by atoms with van der Waals surface area (Å²) in [5.74, 6) is 0.547. The van der Waals surface area contributed by atoms with Gasteiger partial charge in [0.05, 0.1) is 17.3 Å². The van der Waals surface area contributed by atoms with E-state index in [1.165, 1.54) is 0 Å². The van der Waals surface area contributed by atoms with Crippen molar-refractivity contribution in [3.63, 3.8) is 0 Å². The van der Waals surface area contributed by atoms with E-state index in [9.17, 15) is 4.79 Å². The average Bonchev–Trinajstić information content (AvgIpc) is 3.60. The molecule has 2 aliphatic heterocycles. The quantitative estimate of drug-likeness (QED) is 0.394. The molecule has 0 bridgehead atoms. The van der Waals surface area contributed by atoms with Crippen LogP contribution in [0.4, 0.5) is 0 Å². The Morgan fingerprint density at radius 3 is 2.71 bits per heavy atom. The van der Waals surface area contributed by atoms with Gasteiger partial charge in [-0.25, -0.2) is 15.0 Å². The Hall–Kier alpha value is -4.78. The number of carbonyl (C=O) groups is 1. The molecule has 1 unspecified atom stereocenters. The van der Waals surface area contributed by atoms with Gasteiger partial charge in [-0.3, -0.25) is 4.79 Å². The van der Waals surface area contributed by atoms with Crippen LogP contribution >= 0.6 is 0 Å². The van der Waals surface area contributed by atoms with Crippen LogP contribution in [0.5, 0.6) is 0 Å². The molecular formula is C28H20N6O. The van der Waals surface area contributed by atoms with Crippen molar-refractivity contribution in [2.45, 2.75) is 6.04 Å². The Labute approximate surface area is 200 Å². The van der Waals surface area contributed by atoms with Crippen molar-refractivity contribution < 1.29 is 4.79 Å². The van der Waals surface area contributed by atoms with E-state index in [0.717, 1.165) is 44.6 Å². The SMILES string of the molecule is Cn1ccc2nc(-c3cccc4c3-c3ccccc3C4NC(=O)c3ccnc4[nH]ccc34)nc-2c1. The Kier molecular flexibility index (Phi) is 4.14. The zero-order valence-corrected chi connectivity index (χ0v) is 18.9. The first-order valence-electron chi connectivity index (χ1n) is 11.4. The lowest BCUT2D eigenvalue weighted by Gasteiger charge is -2.16. The number of hydrogen-bond donors (Lipinski definition) is 2. The predicted octanol–water partition coefficient (Wildman–Crippen LogP) is 4.96. The zero-order valence-electron chi connectivity index (χ0n) is 18.9. The van der Waals surface area contributed by atoms with E-state index in [-0.39, 0.29) is 11.9 Å². The Bertz CT molecular complexity index is 1730. The number of benzene rings is 2. The van der Waals surface area contributed by atoms with Crippen LogP contribution in [0.25, 0.3) is 44.9 Å². The van der Waals surface area contributed by atoms with Gasteiger partial charge in [0, 0.05) is 42.8 Å². The Morgan fingerprint density at radius 2 is 1.77 bits per heavy atom. The molecule has 7 nitrogen and oxygen atoms in total.